The quantitative estimate of drug-likeness (QED) is 0.778. The molecule has 3 nitrogen and oxygen atoms in total. The second-order valence-electron chi connectivity index (χ2n) is 6.91. The molecule has 2 heterocycles. The van der Waals surface area contributed by atoms with Gasteiger partial charge in [-0.15, -0.1) is 11.3 Å². The Kier molecular flexibility index (Phi) is 3.30. The molecule has 0 unspecified atom stereocenters. The number of hydrogen-bond acceptors (Lipinski definition) is 4. The minimum atomic E-state index is -1.34. The van der Waals surface area contributed by atoms with Gasteiger partial charge in [0, 0.05) is 6.20 Å². The lowest BCUT2D eigenvalue weighted by Crippen LogP contribution is -2.41. The van der Waals surface area contributed by atoms with Gasteiger partial charge < -0.3 is 9.31 Å². The minimum Gasteiger partial charge on any atom is -0.399 e. The Labute approximate surface area is 115 Å². The van der Waals surface area contributed by atoms with Crippen LogP contribution < -0.4 is 9.41 Å². The van der Waals surface area contributed by atoms with Gasteiger partial charge in [-0.3, -0.25) is 4.98 Å². The summed E-state index contributed by atoms with van der Waals surface area (Å²) in [5.74, 6) is 0. The Morgan fingerprint density at radius 1 is 1.11 bits per heavy atom. The van der Waals surface area contributed by atoms with E-state index in [9.17, 15) is 0 Å². The normalized spacial score (nSPS) is 22.5. The van der Waals surface area contributed by atoms with Crippen LogP contribution in [0.25, 0.3) is 0 Å². The number of thiazole rings is 1. The maximum atomic E-state index is 6.04. The van der Waals surface area contributed by atoms with Gasteiger partial charge in [-0.05, 0) is 27.7 Å². The first-order valence-corrected chi connectivity index (χ1v) is 10.7. The van der Waals surface area contributed by atoms with Crippen molar-refractivity contribution in [3.63, 3.8) is 0 Å². The Morgan fingerprint density at radius 3 is 2.00 bits per heavy atom. The van der Waals surface area contributed by atoms with Gasteiger partial charge in [0.05, 0.1) is 20.6 Å². The summed E-state index contributed by atoms with van der Waals surface area (Å²) < 4.78 is 14.4. The van der Waals surface area contributed by atoms with E-state index in [1.54, 1.807) is 11.3 Å². The van der Waals surface area contributed by atoms with E-state index >= 15 is 0 Å². The lowest BCUT2D eigenvalue weighted by Gasteiger charge is -2.32. The highest BCUT2D eigenvalue weighted by Gasteiger charge is 2.52. The standard InChI is InChI=1S/C12H22BNO2SSi/c1-11(2)12(3,4)16-13(15-11)9-8-14-10(17-9)18(5,6)7/h8H,1-7H3. The third kappa shape index (κ3) is 2.43. The Hall–Kier alpha value is -0.168. The molecule has 1 saturated heterocycles. The van der Waals surface area contributed by atoms with Gasteiger partial charge in [0.25, 0.3) is 0 Å². The molecule has 6 heteroatoms. The fourth-order valence-electron chi connectivity index (χ4n) is 1.70. The van der Waals surface area contributed by atoms with Gasteiger partial charge in [0.15, 0.2) is 0 Å². The fourth-order valence-corrected chi connectivity index (χ4v) is 4.36. The molecule has 0 spiro atoms. The van der Waals surface area contributed by atoms with Gasteiger partial charge in [0.2, 0.25) is 0 Å². The van der Waals surface area contributed by atoms with Crippen LogP contribution in [-0.2, 0) is 9.31 Å². The lowest BCUT2D eigenvalue weighted by atomic mass is 9.89. The van der Waals surface area contributed by atoms with Crippen molar-refractivity contribution in [1.82, 2.24) is 4.98 Å². The zero-order valence-corrected chi connectivity index (χ0v) is 14.1. The molecule has 0 N–H and O–H groups in total. The summed E-state index contributed by atoms with van der Waals surface area (Å²) in [4.78, 5) is 4.55. The van der Waals surface area contributed by atoms with E-state index in [1.807, 2.05) is 6.20 Å². The Bertz CT molecular complexity index is 437. The lowest BCUT2D eigenvalue weighted by molar-refractivity contribution is 0.00578. The van der Waals surface area contributed by atoms with Gasteiger partial charge in [-0.2, -0.15) is 0 Å². The predicted octanol–water partition coefficient (Wildman–Crippen LogP) is 1.99. The molecule has 0 aliphatic carbocycles. The number of aromatic nitrogens is 1. The molecule has 18 heavy (non-hydrogen) atoms. The van der Waals surface area contributed by atoms with Crippen molar-refractivity contribution in [3.8, 4) is 0 Å². The molecular formula is C12H22BNO2SSi. The van der Waals surface area contributed by atoms with E-state index in [0.29, 0.717) is 0 Å². The highest BCUT2D eigenvalue weighted by atomic mass is 32.1. The minimum absolute atomic E-state index is 0.266. The summed E-state index contributed by atoms with van der Waals surface area (Å²) in [7, 11) is -1.60. The zero-order valence-electron chi connectivity index (χ0n) is 12.3. The molecule has 100 valence electrons. The number of rotatable bonds is 2. The topological polar surface area (TPSA) is 31.4 Å². The van der Waals surface area contributed by atoms with Crippen LogP contribution >= 0.6 is 11.3 Å². The van der Waals surface area contributed by atoms with Crippen molar-refractivity contribution in [2.24, 2.45) is 0 Å². The first kappa shape index (κ1) is 14.2. The summed E-state index contributed by atoms with van der Waals surface area (Å²) in [6, 6.07) is 0. The summed E-state index contributed by atoms with van der Waals surface area (Å²) in [6.07, 6.45) is 1.92. The van der Waals surface area contributed by atoms with Crippen molar-refractivity contribution in [3.05, 3.63) is 6.20 Å². The molecule has 1 aliphatic heterocycles. The van der Waals surface area contributed by atoms with Gasteiger partial charge >= 0.3 is 7.12 Å². The zero-order chi connectivity index (χ0) is 13.8. The summed E-state index contributed by atoms with van der Waals surface area (Å²) in [5.41, 5.74) is -0.554. The monoisotopic (exact) mass is 283 g/mol. The average Bonchev–Trinajstić information content (AvgIpc) is 2.69. The molecule has 1 aliphatic rings. The second-order valence-corrected chi connectivity index (χ2v) is 13.3. The first-order chi connectivity index (χ1) is 8.03. The van der Waals surface area contributed by atoms with Crippen molar-refractivity contribution in [2.45, 2.75) is 58.5 Å². The van der Waals surface area contributed by atoms with E-state index in [0.717, 1.165) is 4.78 Å². The van der Waals surface area contributed by atoms with Crippen molar-refractivity contribution in [1.29, 1.82) is 0 Å². The molecule has 0 atom stereocenters. The summed E-state index contributed by atoms with van der Waals surface area (Å²) in [6.45, 7) is 15.2. The average molecular weight is 283 g/mol. The van der Waals surface area contributed by atoms with Crippen LogP contribution in [0.15, 0.2) is 6.20 Å². The van der Waals surface area contributed by atoms with Gasteiger partial charge in [-0.25, -0.2) is 0 Å². The van der Waals surface area contributed by atoms with E-state index in [-0.39, 0.29) is 18.3 Å². The summed E-state index contributed by atoms with van der Waals surface area (Å²) in [5, 5.41) is 0. The molecule has 0 radical (unpaired) electrons. The Balaban J connectivity index is 2.23. The van der Waals surface area contributed by atoms with E-state index < -0.39 is 8.07 Å². The SMILES string of the molecule is CC1(C)OB(c2cnc([Si](C)(C)C)s2)OC1(C)C. The molecule has 0 amide bonds. The van der Waals surface area contributed by atoms with Gasteiger partial charge in [0.1, 0.15) is 8.07 Å². The molecule has 2 rings (SSSR count). The maximum absolute atomic E-state index is 6.04. The van der Waals surface area contributed by atoms with Crippen LogP contribution in [-0.4, -0.2) is 31.4 Å². The molecule has 1 aromatic heterocycles. The largest absolute Gasteiger partial charge is 0.507 e. The predicted molar refractivity (Wildman–Crippen MR) is 80.8 cm³/mol. The van der Waals surface area contributed by atoms with Crippen LogP contribution in [0.2, 0.25) is 19.6 Å². The maximum Gasteiger partial charge on any atom is 0.507 e. The summed E-state index contributed by atoms with van der Waals surface area (Å²) >= 11 is 1.74. The van der Waals surface area contributed by atoms with Crippen LogP contribution in [0.1, 0.15) is 27.7 Å². The first-order valence-electron chi connectivity index (χ1n) is 6.35. The molecular weight excluding hydrogens is 261 g/mol. The smallest absolute Gasteiger partial charge is 0.399 e. The van der Waals surface area contributed by atoms with E-state index in [2.05, 4.69) is 52.3 Å². The highest BCUT2D eigenvalue weighted by Crippen LogP contribution is 2.36. The van der Waals surface area contributed by atoms with Gasteiger partial charge in [-0.1, -0.05) is 19.6 Å². The fraction of sp³-hybridized carbons (Fsp3) is 0.750. The number of nitrogens with zero attached hydrogens (tertiary/aromatic N) is 1. The molecule has 0 aromatic carbocycles. The van der Waals surface area contributed by atoms with Crippen LogP contribution in [0.5, 0.6) is 0 Å². The molecule has 0 bridgehead atoms. The van der Waals surface area contributed by atoms with Crippen molar-refractivity contribution >= 4 is 35.9 Å². The number of hydrogen-bond donors (Lipinski definition) is 0. The third-order valence-corrected chi connectivity index (χ3v) is 8.04. The van der Waals surface area contributed by atoms with Crippen LogP contribution in [0.4, 0.5) is 0 Å². The van der Waals surface area contributed by atoms with E-state index in [1.165, 1.54) is 4.63 Å². The third-order valence-electron chi connectivity index (χ3n) is 3.65. The molecule has 1 fully saturated rings. The van der Waals surface area contributed by atoms with E-state index in [4.69, 9.17) is 9.31 Å². The Morgan fingerprint density at radius 2 is 1.61 bits per heavy atom. The van der Waals surface area contributed by atoms with Crippen molar-refractivity contribution in [2.75, 3.05) is 0 Å². The second kappa shape index (κ2) is 4.16. The molecule has 1 aromatic rings. The highest BCUT2D eigenvalue weighted by molar-refractivity contribution is 7.32. The van der Waals surface area contributed by atoms with Crippen LogP contribution in [0, 0.1) is 0 Å². The van der Waals surface area contributed by atoms with Crippen LogP contribution in [0.3, 0.4) is 0 Å². The molecule has 0 saturated carbocycles. The van der Waals surface area contributed by atoms with Crippen molar-refractivity contribution < 1.29 is 9.31 Å².